The third-order valence-electron chi connectivity index (χ3n) is 4.55. The van der Waals surface area contributed by atoms with E-state index in [1.807, 2.05) is 22.4 Å². The van der Waals surface area contributed by atoms with Crippen molar-refractivity contribution in [3.05, 3.63) is 46.5 Å². The Balaban J connectivity index is 1.73. The topological polar surface area (TPSA) is 26.0 Å². The van der Waals surface area contributed by atoms with Gasteiger partial charge < -0.3 is 4.57 Å². The summed E-state index contributed by atoms with van der Waals surface area (Å²) in [5.41, 5.74) is 1.27. The van der Waals surface area contributed by atoms with E-state index in [1.165, 1.54) is 18.4 Å². The van der Waals surface area contributed by atoms with Crippen molar-refractivity contribution in [3.8, 4) is 0 Å². The summed E-state index contributed by atoms with van der Waals surface area (Å²) in [6.07, 6.45) is 3.37. The Morgan fingerprint density at radius 1 is 1.18 bits per heavy atom. The van der Waals surface area contributed by atoms with Gasteiger partial charge in [-0.2, -0.15) is 5.10 Å². The highest BCUT2D eigenvalue weighted by molar-refractivity contribution is 7.71. The number of hydrogen-bond acceptors (Lipinski definition) is 3. The van der Waals surface area contributed by atoms with Crippen LogP contribution in [0.1, 0.15) is 31.2 Å². The van der Waals surface area contributed by atoms with Crippen molar-refractivity contribution in [2.24, 2.45) is 13.0 Å². The summed E-state index contributed by atoms with van der Waals surface area (Å²) in [6.45, 7) is 5.44. The van der Waals surface area contributed by atoms with Crippen molar-refractivity contribution in [2.45, 2.75) is 32.9 Å². The van der Waals surface area contributed by atoms with Gasteiger partial charge in [0, 0.05) is 26.6 Å². The molecular formula is C17H24N4S. The molecule has 1 aliphatic heterocycles. The Hall–Kier alpha value is -1.46. The van der Waals surface area contributed by atoms with Crippen LogP contribution in [0.3, 0.4) is 0 Å². The molecule has 0 aliphatic carbocycles. The Kier molecular flexibility index (Phi) is 4.74. The molecule has 0 atom stereocenters. The average Bonchev–Trinajstić information content (AvgIpc) is 2.79. The number of nitrogens with zero attached hydrogens (tertiary/aromatic N) is 4. The van der Waals surface area contributed by atoms with E-state index in [1.54, 1.807) is 0 Å². The molecule has 0 bridgehead atoms. The molecule has 118 valence electrons. The molecule has 2 aromatic rings. The third kappa shape index (κ3) is 3.47. The fourth-order valence-corrected chi connectivity index (χ4v) is 3.15. The monoisotopic (exact) mass is 316 g/mol. The molecule has 1 aromatic carbocycles. The van der Waals surface area contributed by atoms with E-state index < -0.39 is 0 Å². The molecule has 4 nitrogen and oxygen atoms in total. The van der Waals surface area contributed by atoms with Crippen LogP contribution in [-0.2, 0) is 20.1 Å². The summed E-state index contributed by atoms with van der Waals surface area (Å²) in [5, 5.41) is 4.75. The van der Waals surface area contributed by atoms with Crippen LogP contribution in [0.5, 0.6) is 0 Å². The van der Waals surface area contributed by atoms with Crippen molar-refractivity contribution in [2.75, 3.05) is 13.1 Å². The minimum absolute atomic E-state index is 0.810. The van der Waals surface area contributed by atoms with E-state index in [4.69, 9.17) is 17.3 Å². The molecule has 1 aliphatic rings. The first-order chi connectivity index (χ1) is 10.6. The molecule has 0 radical (unpaired) electrons. The minimum atomic E-state index is 0.810. The van der Waals surface area contributed by atoms with E-state index in [2.05, 4.69) is 36.1 Å². The molecule has 3 rings (SSSR count). The largest absolute Gasteiger partial charge is 0.307 e. The fraction of sp³-hybridized carbons (Fsp3) is 0.529. The van der Waals surface area contributed by atoms with Crippen LogP contribution in [0.4, 0.5) is 0 Å². The SMILES string of the molecule is CC1CCN(Cn2nc(Cc3ccccc3)n(C)c2=S)CC1. The number of rotatable bonds is 4. The first kappa shape index (κ1) is 15.4. The molecule has 0 spiro atoms. The van der Waals surface area contributed by atoms with Gasteiger partial charge in [-0.05, 0) is 36.5 Å². The van der Waals surface area contributed by atoms with Crippen LogP contribution in [0.2, 0.25) is 0 Å². The van der Waals surface area contributed by atoms with Crippen molar-refractivity contribution >= 4 is 12.2 Å². The number of likely N-dealkylation sites (tertiary alicyclic amines) is 1. The van der Waals surface area contributed by atoms with Crippen molar-refractivity contribution < 1.29 is 0 Å². The second-order valence-electron chi connectivity index (χ2n) is 6.36. The smallest absolute Gasteiger partial charge is 0.198 e. The van der Waals surface area contributed by atoms with Crippen molar-refractivity contribution in [1.29, 1.82) is 0 Å². The average molecular weight is 316 g/mol. The standard InChI is InChI=1S/C17H24N4S/c1-14-8-10-20(11-9-14)13-21-17(22)19(2)16(18-21)12-15-6-4-3-5-7-15/h3-7,14H,8-13H2,1-2H3. The maximum absolute atomic E-state index is 5.56. The molecule has 0 unspecified atom stereocenters. The molecule has 5 heteroatoms. The van der Waals surface area contributed by atoms with Crippen molar-refractivity contribution in [3.63, 3.8) is 0 Å². The Bertz CT molecular complexity index is 666. The predicted molar refractivity (Wildman–Crippen MR) is 91.3 cm³/mol. The van der Waals surface area contributed by atoms with Crippen LogP contribution in [-0.4, -0.2) is 32.3 Å². The van der Waals surface area contributed by atoms with E-state index in [0.717, 1.165) is 42.7 Å². The maximum Gasteiger partial charge on any atom is 0.198 e. The van der Waals surface area contributed by atoms with Gasteiger partial charge in [0.05, 0.1) is 6.67 Å². The lowest BCUT2D eigenvalue weighted by Gasteiger charge is -2.29. The second-order valence-corrected chi connectivity index (χ2v) is 6.73. The van der Waals surface area contributed by atoms with E-state index in [-0.39, 0.29) is 0 Å². The van der Waals surface area contributed by atoms with Gasteiger partial charge in [-0.1, -0.05) is 37.3 Å². The van der Waals surface area contributed by atoms with Gasteiger partial charge in [-0.3, -0.25) is 4.90 Å². The lowest BCUT2D eigenvalue weighted by atomic mass is 10.00. The molecule has 0 amide bonds. The first-order valence-electron chi connectivity index (χ1n) is 8.02. The van der Waals surface area contributed by atoms with Gasteiger partial charge in [0.2, 0.25) is 0 Å². The van der Waals surface area contributed by atoms with Crippen LogP contribution < -0.4 is 0 Å². The highest BCUT2D eigenvalue weighted by Gasteiger charge is 2.17. The maximum atomic E-state index is 5.56. The van der Waals surface area contributed by atoms with Gasteiger partial charge in [-0.15, -0.1) is 0 Å². The number of aromatic nitrogens is 3. The molecule has 22 heavy (non-hydrogen) atoms. The molecule has 0 saturated carbocycles. The number of benzene rings is 1. The summed E-state index contributed by atoms with van der Waals surface area (Å²) < 4.78 is 4.82. The zero-order chi connectivity index (χ0) is 15.5. The molecule has 0 N–H and O–H groups in total. The highest BCUT2D eigenvalue weighted by atomic mass is 32.1. The summed E-state index contributed by atoms with van der Waals surface area (Å²) in [4.78, 5) is 2.45. The van der Waals surface area contributed by atoms with Gasteiger partial charge in [0.25, 0.3) is 0 Å². The van der Waals surface area contributed by atoms with Crippen LogP contribution >= 0.6 is 12.2 Å². The summed E-state index contributed by atoms with van der Waals surface area (Å²) in [6, 6.07) is 10.4. The quantitative estimate of drug-likeness (QED) is 0.810. The summed E-state index contributed by atoms with van der Waals surface area (Å²) in [5.74, 6) is 1.88. The molecular weight excluding hydrogens is 292 g/mol. The lowest BCUT2D eigenvalue weighted by molar-refractivity contribution is 0.145. The van der Waals surface area contributed by atoms with E-state index in [0.29, 0.717) is 0 Å². The van der Waals surface area contributed by atoms with Crippen LogP contribution in [0.25, 0.3) is 0 Å². The Morgan fingerprint density at radius 2 is 1.86 bits per heavy atom. The Morgan fingerprint density at radius 3 is 2.55 bits per heavy atom. The van der Waals surface area contributed by atoms with Crippen LogP contribution in [0.15, 0.2) is 30.3 Å². The summed E-state index contributed by atoms with van der Waals surface area (Å²) in [7, 11) is 2.02. The lowest BCUT2D eigenvalue weighted by Crippen LogP contribution is -2.34. The minimum Gasteiger partial charge on any atom is -0.307 e. The zero-order valence-electron chi connectivity index (χ0n) is 13.4. The van der Waals surface area contributed by atoms with Crippen molar-refractivity contribution in [1.82, 2.24) is 19.2 Å². The zero-order valence-corrected chi connectivity index (χ0v) is 14.2. The number of hydrogen-bond donors (Lipinski definition) is 0. The number of piperidine rings is 1. The van der Waals surface area contributed by atoms with Gasteiger partial charge in [-0.25, -0.2) is 4.68 Å². The van der Waals surface area contributed by atoms with Crippen LogP contribution in [0, 0.1) is 10.7 Å². The third-order valence-corrected chi connectivity index (χ3v) is 5.03. The molecule has 2 heterocycles. The van der Waals surface area contributed by atoms with E-state index in [9.17, 15) is 0 Å². The van der Waals surface area contributed by atoms with Gasteiger partial charge in [0.15, 0.2) is 4.77 Å². The highest BCUT2D eigenvalue weighted by Crippen LogP contribution is 2.17. The van der Waals surface area contributed by atoms with Gasteiger partial charge >= 0.3 is 0 Å². The molecule has 1 fully saturated rings. The van der Waals surface area contributed by atoms with E-state index >= 15 is 0 Å². The molecule has 1 saturated heterocycles. The van der Waals surface area contributed by atoms with Gasteiger partial charge in [0.1, 0.15) is 5.82 Å². The second kappa shape index (κ2) is 6.75. The molecule has 1 aromatic heterocycles. The first-order valence-corrected chi connectivity index (χ1v) is 8.43. The predicted octanol–water partition coefficient (Wildman–Crippen LogP) is 3.23. The fourth-order valence-electron chi connectivity index (χ4n) is 2.95. The Labute approximate surface area is 137 Å². The summed E-state index contributed by atoms with van der Waals surface area (Å²) >= 11 is 5.56. The normalized spacial score (nSPS) is 17.0.